The first-order valence-electron chi connectivity index (χ1n) is 7.58. The van der Waals surface area contributed by atoms with Gasteiger partial charge in [0.15, 0.2) is 0 Å². The van der Waals surface area contributed by atoms with Crippen molar-refractivity contribution >= 4 is 5.69 Å². The predicted octanol–water partition coefficient (Wildman–Crippen LogP) is 1.76. The van der Waals surface area contributed by atoms with Crippen molar-refractivity contribution in [3.8, 4) is 5.75 Å². The maximum absolute atomic E-state index is 5.75. The number of rotatable bonds is 5. The molecule has 1 fully saturated rings. The van der Waals surface area contributed by atoms with Gasteiger partial charge in [-0.2, -0.15) is 5.10 Å². The number of hydrogen-bond acceptors (Lipinski definition) is 4. The number of benzene rings is 1. The molecule has 0 aliphatic carbocycles. The zero-order valence-electron chi connectivity index (χ0n) is 12.2. The minimum Gasteiger partial charge on any atom is -0.492 e. The highest BCUT2D eigenvalue weighted by Crippen LogP contribution is 2.20. The summed E-state index contributed by atoms with van der Waals surface area (Å²) in [5.74, 6) is 0.916. The van der Waals surface area contributed by atoms with Crippen LogP contribution >= 0.6 is 0 Å². The van der Waals surface area contributed by atoms with Gasteiger partial charge < -0.3 is 15.0 Å². The lowest BCUT2D eigenvalue weighted by molar-refractivity contribution is 0.291. The van der Waals surface area contributed by atoms with Gasteiger partial charge in [-0.05, 0) is 43.3 Å². The van der Waals surface area contributed by atoms with Crippen LogP contribution in [-0.2, 0) is 6.54 Å². The summed E-state index contributed by atoms with van der Waals surface area (Å²) in [5, 5.41) is 7.58. The molecule has 0 unspecified atom stereocenters. The molecular weight excluding hydrogens is 264 g/mol. The summed E-state index contributed by atoms with van der Waals surface area (Å²) in [6.07, 6.45) is 4.92. The molecule has 1 aromatic carbocycles. The van der Waals surface area contributed by atoms with Gasteiger partial charge in [-0.3, -0.25) is 4.68 Å². The van der Waals surface area contributed by atoms with Crippen LogP contribution in [0.3, 0.4) is 0 Å². The van der Waals surface area contributed by atoms with E-state index in [1.807, 2.05) is 16.9 Å². The van der Waals surface area contributed by atoms with E-state index in [4.69, 9.17) is 4.74 Å². The van der Waals surface area contributed by atoms with Crippen molar-refractivity contribution < 1.29 is 4.74 Å². The van der Waals surface area contributed by atoms with Crippen molar-refractivity contribution in [1.82, 2.24) is 15.1 Å². The summed E-state index contributed by atoms with van der Waals surface area (Å²) in [4.78, 5) is 2.42. The molecule has 1 aromatic heterocycles. The molecule has 1 aliphatic rings. The van der Waals surface area contributed by atoms with Gasteiger partial charge in [0, 0.05) is 37.7 Å². The Morgan fingerprint density at radius 3 is 2.86 bits per heavy atom. The van der Waals surface area contributed by atoms with Gasteiger partial charge in [-0.1, -0.05) is 0 Å². The molecule has 2 heterocycles. The Bertz CT molecular complexity index is 516. The summed E-state index contributed by atoms with van der Waals surface area (Å²) >= 11 is 0. The van der Waals surface area contributed by atoms with E-state index < -0.39 is 0 Å². The maximum atomic E-state index is 5.75. The smallest absolute Gasteiger partial charge is 0.119 e. The van der Waals surface area contributed by atoms with Crippen LogP contribution < -0.4 is 15.0 Å². The highest BCUT2D eigenvalue weighted by molar-refractivity contribution is 5.49. The Morgan fingerprint density at radius 2 is 2.05 bits per heavy atom. The van der Waals surface area contributed by atoms with E-state index >= 15 is 0 Å². The fourth-order valence-electron chi connectivity index (χ4n) is 2.55. The number of hydrogen-bond donors (Lipinski definition) is 1. The lowest BCUT2D eigenvalue weighted by Gasteiger charge is -2.22. The summed E-state index contributed by atoms with van der Waals surface area (Å²) in [6, 6.07) is 10.3. The standard InChI is InChI=1S/C16H22N4O/c1-7-17-9-12-19(10-1)15-3-5-16(6-4-15)21-14-13-20-11-2-8-18-20/h2-6,8,11,17H,1,7,9-10,12-14H2. The fraction of sp³-hybridized carbons (Fsp3) is 0.438. The highest BCUT2D eigenvalue weighted by Gasteiger charge is 2.09. The van der Waals surface area contributed by atoms with Crippen molar-refractivity contribution in [3.63, 3.8) is 0 Å². The van der Waals surface area contributed by atoms with Crippen molar-refractivity contribution in [2.45, 2.75) is 13.0 Å². The minimum absolute atomic E-state index is 0.634. The molecular formula is C16H22N4O. The number of anilines is 1. The zero-order chi connectivity index (χ0) is 14.3. The molecule has 1 aliphatic heterocycles. The monoisotopic (exact) mass is 286 g/mol. The Hall–Kier alpha value is -2.01. The zero-order valence-corrected chi connectivity index (χ0v) is 12.2. The molecule has 3 rings (SSSR count). The van der Waals surface area contributed by atoms with E-state index in [0.717, 1.165) is 38.5 Å². The summed E-state index contributed by atoms with van der Waals surface area (Å²) < 4.78 is 7.63. The first-order chi connectivity index (χ1) is 10.4. The lowest BCUT2D eigenvalue weighted by Crippen LogP contribution is -2.27. The lowest BCUT2D eigenvalue weighted by atomic mass is 10.2. The number of nitrogens with zero attached hydrogens (tertiary/aromatic N) is 3. The van der Waals surface area contributed by atoms with Crippen molar-refractivity contribution in [2.24, 2.45) is 0 Å². The molecule has 0 radical (unpaired) electrons. The molecule has 5 nitrogen and oxygen atoms in total. The molecule has 0 bridgehead atoms. The molecule has 1 saturated heterocycles. The largest absolute Gasteiger partial charge is 0.492 e. The van der Waals surface area contributed by atoms with Crippen LogP contribution in [0.2, 0.25) is 0 Å². The van der Waals surface area contributed by atoms with E-state index in [1.165, 1.54) is 12.1 Å². The Kier molecular flexibility index (Phi) is 4.74. The first kappa shape index (κ1) is 13.9. The van der Waals surface area contributed by atoms with Gasteiger partial charge >= 0.3 is 0 Å². The maximum Gasteiger partial charge on any atom is 0.119 e. The average molecular weight is 286 g/mol. The average Bonchev–Trinajstić information content (AvgIpc) is 2.88. The van der Waals surface area contributed by atoms with Gasteiger partial charge in [0.25, 0.3) is 0 Å². The van der Waals surface area contributed by atoms with Gasteiger partial charge in [0.05, 0.1) is 6.54 Å². The second-order valence-corrected chi connectivity index (χ2v) is 5.20. The quantitative estimate of drug-likeness (QED) is 0.909. The molecule has 0 amide bonds. The minimum atomic E-state index is 0.634. The third kappa shape index (κ3) is 3.98. The van der Waals surface area contributed by atoms with E-state index in [2.05, 4.69) is 39.6 Å². The van der Waals surface area contributed by atoms with Crippen LogP contribution in [-0.4, -0.2) is 42.6 Å². The van der Waals surface area contributed by atoms with E-state index in [0.29, 0.717) is 6.61 Å². The van der Waals surface area contributed by atoms with Crippen molar-refractivity contribution in [3.05, 3.63) is 42.7 Å². The van der Waals surface area contributed by atoms with Crippen LogP contribution in [0.15, 0.2) is 42.7 Å². The van der Waals surface area contributed by atoms with Gasteiger partial charge in [0.1, 0.15) is 12.4 Å². The van der Waals surface area contributed by atoms with E-state index in [9.17, 15) is 0 Å². The van der Waals surface area contributed by atoms with Crippen LogP contribution in [0.1, 0.15) is 6.42 Å². The van der Waals surface area contributed by atoms with E-state index in [1.54, 1.807) is 6.20 Å². The molecule has 0 saturated carbocycles. The van der Waals surface area contributed by atoms with Crippen molar-refractivity contribution in [1.29, 1.82) is 0 Å². The van der Waals surface area contributed by atoms with Crippen LogP contribution in [0.5, 0.6) is 5.75 Å². The fourth-order valence-corrected chi connectivity index (χ4v) is 2.55. The van der Waals surface area contributed by atoms with Crippen LogP contribution in [0.25, 0.3) is 0 Å². The second-order valence-electron chi connectivity index (χ2n) is 5.20. The number of ether oxygens (including phenoxy) is 1. The summed E-state index contributed by atoms with van der Waals surface area (Å²) in [6.45, 7) is 5.76. The Labute approximate surface area is 125 Å². The molecule has 0 atom stereocenters. The molecule has 1 N–H and O–H groups in total. The molecule has 0 spiro atoms. The molecule has 2 aromatic rings. The summed E-state index contributed by atoms with van der Waals surface area (Å²) in [7, 11) is 0. The predicted molar refractivity (Wildman–Crippen MR) is 83.9 cm³/mol. The first-order valence-corrected chi connectivity index (χ1v) is 7.58. The number of nitrogens with one attached hydrogen (secondary N) is 1. The van der Waals surface area contributed by atoms with Gasteiger partial charge in [-0.15, -0.1) is 0 Å². The Balaban J connectivity index is 1.51. The third-order valence-electron chi connectivity index (χ3n) is 3.69. The Morgan fingerprint density at radius 1 is 1.14 bits per heavy atom. The second kappa shape index (κ2) is 7.13. The van der Waals surface area contributed by atoms with Crippen LogP contribution in [0.4, 0.5) is 5.69 Å². The summed E-state index contributed by atoms with van der Waals surface area (Å²) in [5.41, 5.74) is 1.28. The van der Waals surface area contributed by atoms with Gasteiger partial charge in [-0.25, -0.2) is 0 Å². The highest BCUT2D eigenvalue weighted by atomic mass is 16.5. The van der Waals surface area contributed by atoms with Crippen molar-refractivity contribution in [2.75, 3.05) is 37.7 Å². The van der Waals surface area contributed by atoms with Gasteiger partial charge in [0.2, 0.25) is 0 Å². The third-order valence-corrected chi connectivity index (χ3v) is 3.69. The topological polar surface area (TPSA) is 42.3 Å². The molecule has 21 heavy (non-hydrogen) atoms. The molecule has 5 heteroatoms. The SMILES string of the molecule is c1cnn(CCOc2ccc(N3CCCNCC3)cc2)c1. The number of aromatic nitrogens is 2. The van der Waals surface area contributed by atoms with Crippen LogP contribution in [0, 0.1) is 0 Å². The molecule has 112 valence electrons. The normalized spacial score (nSPS) is 15.7. The van der Waals surface area contributed by atoms with E-state index in [-0.39, 0.29) is 0 Å².